The third-order valence-electron chi connectivity index (χ3n) is 6.02. The molecule has 3 heterocycles. The number of halogens is 2. The molecule has 178 valence electrons. The molecule has 1 aliphatic heterocycles. The fourth-order valence-corrected chi connectivity index (χ4v) is 3.89. The molecule has 0 saturated carbocycles. The van der Waals surface area contributed by atoms with Crippen molar-refractivity contribution in [1.82, 2.24) is 20.3 Å². The van der Waals surface area contributed by atoms with Crippen LogP contribution in [0.5, 0.6) is 5.75 Å². The van der Waals surface area contributed by atoms with Crippen LogP contribution in [0.4, 0.5) is 14.7 Å². The first-order chi connectivity index (χ1) is 16.5. The van der Waals surface area contributed by atoms with Crippen LogP contribution in [0.2, 0.25) is 0 Å². The lowest BCUT2D eigenvalue weighted by molar-refractivity contribution is 0.0958. The molecule has 7 nitrogen and oxygen atoms in total. The second-order valence-corrected chi connectivity index (χ2v) is 8.27. The third kappa shape index (κ3) is 5.30. The summed E-state index contributed by atoms with van der Waals surface area (Å²) in [6.07, 6.45) is 7.65. The molecular formula is C25H27F2N5O2. The molecule has 34 heavy (non-hydrogen) atoms. The zero-order valence-electron chi connectivity index (χ0n) is 19.2. The number of carbonyl (C=O) groups excluding carboxylic acids is 1. The molecule has 0 spiro atoms. The summed E-state index contributed by atoms with van der Waals surface area (Å²) < 4.78 is 34.9. The number of anilines is 1. The Hall–Kier alpha value is -3.62. The lowest BCUT2D eigenvalue weighted by atomic mass is 9.98. The van der Waals surface area contributed by atoms with Crippen molar-refractivity contribution in [2.45, 2.75) is 26.2 Å². The molecule has 0 atom stereocenters. The van der Waals surface area contributed by atoms with E-state index < -0.39 is 11.6 Å². The largest absolute Gasteiger partial charge is 0.487 e. The summed E-state index contributed by atoms with van der Waals surface area (Å²) in [7, 11) is 1.50. The van der Waals surface area contributed by atoms with Gasteiger partial charge in [-0.25, -0.2) is 18.7 Å². The van der Waals surface area contributed by atoms with Crippen molar-refractivity contribution in [3.8, 4) is 16.9 Å². The van der Waals surface area contributed by atoms with Gasteiger partial charge in [0, 0.05) is 44.3 Å². The van der Waals surface area contributed by atoms with Crippen LogP contribution >= 0.6 is 0 Å². The first-order valence-corrected chi connectivity index (χ1v) is 11.3. The third-order valence-corrected chi connectivity index (χ3v) is 6.02. The van der Waals surface area contributed by atoms with Gasteiger partial charge in [0.2, 0.25) is 5.95 Å². The number of hydrogen-bond donors (Lipinski definition) is 1. The summed E-state index contributed by atoms with van der Waals surface area (Å²) in [5.74, 6) is -1.35. The van der Waals surface area contributed by atoms with E-state index >= 15 is 0 Å². The number of piperidine rings is 1. The summed E-state index contributed by atoms with van der Waals surface area (Å²) in [6.45, 7) is 3.83. The van der Waals surface area contributed by atoms with Crippen molar-refractivity contribution in [3.63, 3.8) is 0 Å². The van der Waals surface area contributed by atoms with Crippen LogP contribution in [-0.4, -0.2) is 47.6 Å². The topological polar surface area (TPSA) is 80.2 Å². The maximum absolute atomic E-state index is 14.7. The SMILES string of the molecule is CCc1cnc(N2CCC(COc3c(F)cc(-c4ccc(C(=O)NC)nc4)cc3F)CC2)nc1. The van der Waals surface area contributed by atoms with Crippen molar-refractivity contribution in [3.05, 3.63) is 65.7 Å². The predicted molar refractivity (Wildman–Crippen MR) is 125 cm³/mol. The molecule has 0 bridgehead atoms. The molecule has 4 rings (SSSR count). The van der Waals surface area contributed by atoms with Gasteiger partial charge in [0.05, 0.1) is 6.61 Å². The Balaban J connectivity index is 1.35. The fraction of sp³-hybridized carbons (Fsp3) is 0.360. The number of nitrogens with zero attached hydrogens (tertiary/aromatic N) is 4. The number of benzene rings is 1. The van der Waals surface area contributed by atoms with Gasteiger partial charge < -0.3 is 15.0 Å². The maximum Gasteiger partial charge on any atom is 0.269 e. The Morgan fingerprint density at radius 2 is 1.74 bits per heavy atom. The summed E-state index contributed by atoms with van der Waals surface area (Å²) in [5.41, 5.74) is 2.14. The minimum atomic E-state index is -0.771. The standard InChI is InChI=1S/C25H27F2N5O2/c1-3-16-12-30-25(31-13-16)32-8-6-17(7-9-32)15-34-23-20(26)10-19(11-21(23)27)18-4-5-22(29-14-18)24(33)28-2/h4-5,10-14,17H,3,6-9,15H2,1-2H3,(H,28,33). The highest BCUT2D eigenvalue weighted by atomic mass is 19.1. The Labute approximate surface area is 197 Å². The van der Waals surface area contributed by atoms with Crippen LogP contribution in [0.25, 0.3) is 11.1 Å². The molecule has 1 fully saturated rings. The summed E-state index contributed by atoms with van der Waals surface area (Å²) in [5, 5.41) is 2.48. The van der Waals surface area contributed by atoms with Crippen LogP contribution in [0.15, 0.2) is 42.9 Å². The molecule has 2 aromatic heterocycles. The van der Waals surface area contributed by atoms with E-state index in [-0.39, 0.29) is 29.9 Å². The van der Waals surface area contributed by atoms with Gasteiger partial charge in [-0.1, -0.05) is 13.0 Å². The summed E-state index contributed by atoms with van der Waals surface area (Å²) >= 11 is 0. The van der Waals surface area contributed by atoms with Gasteiger partial charge in [-0.05, 0) is 54.5 Å². The highest BCUT2D eigenvalue weighted by Gasteiger charge is 2.23. The molecule has 0 unspecified atom stereocenters. The molecule has 0 aliphatic carbocycles. The number of hydrogen-bond acceptors (Lipinski definition) is 6. The number of aryl methyl sites for hydroxylation is 1. The number of amides is 1. The van der Waals surface area contributed by atoms with E-state index in [0.717, 1.165) is 37.9 Å². The number of nitrogens with one attached hydrogen (secondary N) is 1. The van der Waals surface area contributed by atoms with Crippen molar-refractivity contribution in [2.24, 2.45) is 5.92 Å². The Kier molecular flexibility index (Phi) is 7.30. The van der Waals surface area contributed by atoms with Crippen LogP contribution in [0, 0.1) is 17.6 Å². The Morgan fingerprint density at radius 3 is 2.29 bits per heavy atom. The zero-order valence-corrected chi connectivity index (χ0v) is 19.2. The lowest BCUT2D eigenvalue weighted by Gasteiger charge is -2.31. The molecule has 1 saturated heterocycles. The van der Waals surface area contributed by atoms with E-state index in [4.69, 9.17) is 4.74 Å². The average Bonchev–Trinajstić information content (AvgIpc) is 2.88. The van der Waals surface area contributed by atoms with Crippen LogP contribution < -0.4 is 15.0 Å². The van der Waals surface area contributed by atoms with Crippen molar-refractivity contribution in [1.29, 1.82) is 0 Å². The Bertz CT molecular complexity index is 1110. The van der Waals surface area contributed by atoms with Crippen molar-refractivity contribution in [2.75, 3.05) is 31.6 Å². The smallest absolute Gasteiger partial charge is 0.269 e. The molecule has 1 N–H and O–H groups in total. The van der Waals surface area contributed by atoms with E-state index in [1.807, 2.05) is 12.4 Å². The molecule has 1 aromatic carbocycles. The first kappa shape index (κ1) is 23.5. The summed E-state index contributed by atoms with van der Waals surface area (Å²) in [6, 6.07) is 5.54. The van der Waals surface area contributed by atoms with Gasteiger partial charge in [0.1, 0.15) is 5.69 Å². The van der Waals surface area contributed by atoms with E-state index in [9.17, 15) is 13.6 Å². The fourth-order valence-electron chi connectivity index (χ4n) is 3.89. The lowest BCUT2D eigenvalue weighted by Crippen LogP contribution is -2.36. The van der Waals surface area contributed by atoms with Crippen molar-refractivity contribution >= 4 is 11.9 Å². The molecular weight excluding hydrogens is 440 g/mol. The number of aromatic nitrogens is 3. The molecule has 3 aromatic rings. The predicted octanol–water partition coefficient (Wildman–Crippen LogP) is 4.03. The molecule has 1 amide bonds. The minimum absolute atomic E-state index is 0.186. The normalized spacial score (nSPS) is 14.2. The van der Waals surface area contributed by atoms with Gasteiger partial charge >= 0.3 is 0 Å². The number of pyridine rings is 1. The Morgan fingerprint density at radius 1 is 1.06 bits per heavy atom. The number of ether oxygens (including phenoxy) is 1. The first-order valence-electron chi connectivity index (χ1n) is 11.3. The molecule has 0 radical (unpaired) electrons. The van der Waals surface area contributed by atoms with Gasteiger partial charge in [-0.3, -0.25) is 9.78 Å². The van der Waals surface area contributed by atoms with Crippen molar-refractivity contribution < 1.29 is 18.3 Å². The quantitative estimate of drug-likeness (QED) is 0.565. The second kappa shape index (κ2) is 10.5. The zero-order chi connectivity index (χ0) is 24.1. The monoisotopic (exact) mass is 467 g/mol. The van der Waals surface area contributed by atoms with E-state index in [2.05, 4.69) is 32.1 Å². The molecule has 1 aliphatic rings. The van der Waals surface area contributed by atoms with Crippen LogP contribution in [0.1, 0.15) is 35.8 Å². The molecule has 9 heteroatoms. The van der Waals surface area contributed by atoms with Gasteiger partial charge in [0.25, 0.3) is 5.91 Å². The minimum Gasteiger partial charge on any atom is -0.487 e. The van der Waals surface area contributed by atoms with Gasteiger partial charge in [0.15, 0.2) is 17.4 Å². The van der Waals surface area contributed by atoms with E-state index in [1.165, 1.54) is 31.4 Å². The van der Waals surface area contributed by atoms with E-state index in [0.29, 0.717) is 17.1 Å². The highest BCUT2D eigenvalue weighted by Crippen LogP contribution is 2.30. The summed E-state index contributed by atoms with van der Waals surface area (Å²) in [4.78, 5) is 26.6. The number of carbonyl (C=O) groups is 1. The van der Waals surface area contributed by atoms with E-state index in [1.54, 1.807) is 6.07 Å². The van der Waals surface area contributed by atoms with Gasteiger partial charge in [-0.2, -0.15) is 0 Å². The number of rotatable bonds is 7. The maximum atomic E-state index is 14.7. The van der Waals surface area contributed by atoms with Crippen LogP contribution in [0.3, 0.4) is 0 Å². The van der Waals surface area contributed by atoms with Gasteiger partial charge in [-0.15, -0.1) is 0 Å². The van der Waals surface area contributed by atoms with Crippen LogP contribution in [-0.2, 0) is 6.42 Å². The second-order valence-electron chi connectivity index (χ2n) is 8.27. The average molecular weight is 468 g/mol. The highest BCUT2D eigenvalue weighted by molar-refractivity contribution is 5.92.